The molecule has 1 unspecified atom stereocenters. The second-order valence-electron chi connectivity index (χ2n) is 2.95. The average molecular weight is 215 g/mol. The van der Waals surface area contributed by atoms with Crippen molar-refractivity contribution in [3.05, 3.63) is 23.5 Å². The highest BCUT2D eigenvalue weighted by Crippen LogP contribution is 2.32. The van der Waals surface area contributed by atoms with Crippen LogP contribution < -0.4 is 15.2 Å². The normalized spacial score (nSPS) is 12.3. The summed E-state index contributed by atoms with van der Waals surface area (Å²) in [5.74, 6) is -0.334. The molecule has 0 aromatic heterocycles. The van der Waals surface area contributed by atoms with Crippen molar-refractivity contribution in [1.29, 1.82) is 0 Å². The molecule has 15 heavy (non-hydrogen) atoms. The predicted molar refractivity (Wildman–Crippen MR) is 53.5 cm³/mol. The topological polar surface area (TPSA) is 64.7 Å². The largest absolute Gasteiger partial charge is 0.496 e. The van der Waals surface area contributed by atoms with E-state index in [1.807, 2.05) is 0 Å². The highest BCUT2D eigenvalue weighted by atomic mass is 19.1. The molecule has 0 saturated heterocycles. The number of aliphatic hydroxyl groups is 1. The minimum atomic E-state index is -1.10. The molecule has 0 saturated carbocycles. The fourth-order valence-corrected chi connectivity index (χ4v) is 1.32. The van der Waals surface area contributed by atoms with Crippen LogP contribution in [0.4, 0.5) is 4.39 Å². The van der Waals surface area contributed by atoms with E-state index >= 15 is 0 Å². The maximum Gasteiger partial charge on any atom is 0.174 e. The first kappa shape index (κ1) is 11.7. The lowest BCUT2D eigenvalue weighted by molar-refractivity contribution is 0.175. The molecular formula is C10H14FNO3. The quantitative estimate of drug-likeness (QED) is 0.781. The number of nitrogens with two attached hydrogens (primary N) is 1. The molecule has 0 aliphatic carbocycles. The maximum absolute atomic E-state index is 13.7. The highest BCUT2D eigenvalue weighted by molar-refractivity contribution is 5.43. The lowest BCUT2D eigenvalue weighted by atomic mass is 10.1. The molecule has 84 valence electrons. The van der Waals surface area contributed by atoms with E-state index in [1.165, 1.54) is 26.4 Å². The van der Waals surface area contributed by atoms with Gasteiger partial charge in [0, 0.05) is 6.54 Å². The molecule has 1 aromatic rings. The van der Waals surface area contributed by atoms with E-state index < -0.39 is 11.9 Å². The fourth-order valence-electron chi connectivity index (χ4n) is 1.32. The summed E-state index contributed by atoms with van der Waals surface area (Å²) in [7, 11) is 2.75. The lowest BCUT2D eigenvalue weighted by Gasteiger charge is -2.15. The summed E-state index contributed by atoms with van der Waals surface area (Å²) >= 11 is 0. The fraction of sp³-hybridized carbons (Fsp3) is 0.400. The van der Waals surface area contributed by atoms with Gasteiger partial charge in [0.1, 0.15) is 5.75 Å². The van der Waals surface area contributed by atoms with Gasteiger partial charge in [0.25, 0.3) is 0 Å². The maximum atomic E-state index is 13.7. The predicted octanol–water partition coefficient (Wildman–Crippen LogP) is 0.835. The second-order valence-corrected chi connectivity index (χ2v) is 2.95. The number of benzene rings is 1. The van der Waals surface area contributed by atoms with Gasteiger partial charge in [-0.25, -0.2) is 4.39 Å². The van der Waals surface area contributed by atoms with E-state index in [-0.39, 0.29) is 23.6 Å². The molecule has 0 spiro atoms. The zero-order valence-electron chi connectivity index (χ0n) is 8.66. The summed E-state index contributed by atoms with van der Waals surface area (Å²) in [6.45, 7) is -0.0829. The number of aliphatic hydroxyl groups excluding tert-OH is 1. The Bertz CT molecular complexity index is 344. The van der Waals surface area contributed by atoms with Crippen molar-refractivity contribution < 1.29 is 19.0 Å². The zero-order chi connectivity index (χ0) is 11.4. The van der Waals surface area contributed by atoms with Gasteiger partial charge in [-0.3, -0.25) is 0 Å². The van der Waals surface area contributed by atoms with Crippen molar-refractivity contribution in [1.82, 2.24) is 0 Å². The number of halogens is 1. The molecule has 1 atom stereocenters. The molecule has 5 heteroatoms. The zero-order valence-corrected chi connectivity index (χ0v) is 8.66. The molecule has 0 bridgehead atoms. The van der Waals surface area contributed by atoms with Crippen LogP contribution in [-0.2, 0) is 0 Å². The van der Waals surface area contributed by atoms with Gasteiger partial charge in [-0.2, -0.15) is 0 Å². The Hall–Kier alpha value is -1.33. The van der Waals surface area contributed by atoms with Gasteiger partial charge < -0.3 is 20.3 Å². The van der Waals surface area contributed by atoms with Crippen LogP contribution in [0.1, 0.15) is 11.7 Å². The molecule has 0 amide bonds. The third-order valence-electron chi connectivity index (χ3n) is 2.10. The van der Waals surface area contributed by atoms with Crippen molar-refractivity contribution in [3.8, 4) is 11.5 Å². The number of hydrogen-bond acceptors (Lipinski definition) is 4. The molecule has 0 fully saturated rings. The summed E-state index contributed by atoms with van der Waals surface area (Å²) in [5.41, 5.74) is 5.30. The van der Waals surface area contributed by atoms with Gasteiger partial charge in [0.2, 0.25) is 0 Å². The van der Waals surface area contributed by atoms with Crippen LogP contribution in [0.5, 0.6) is 11.5 Å². The Morgan fingerprint density at radius 3 is 2.33 bits per heavy atom. The highest BCUT2D eigenvalue weighted by Gasteiger charge is 2.20. The molecule has 1 aromatic carbocycles. The van der Waals surface area contributed by atoms with Gasteiger partial charge in [-0.05, 0) is 12.1 Å². The number of ether oxygens (including phenoxy) is 2. The van der Waals surface area contributed by atoms with E-state index in [9.17, 15) is 9.50 Å². The first-order valence-electron chi connectivity index (χ1n) is 4.44. The third-order valence-corrected chi connectivity index (χ3v) is 2.10. The van der Waals surface area contributed by atoms with E-state index in [4.69, 9.17) is 15.2 Å². The Morgan fingerprint density at radius 1 is 1.33 bits per heavy atom. The Balaban J connectivity index is 3.29. The van der Waals surface area contributed by atoms with Crippen LogP contribution in [0.15, 0.2) is 12.1 Å². The number of rotatable bonds is 4. The van der Waals surface area contributed by atoms with E-state index in [1.54, 1.807) is 0 Å². The standard InChI is InChI=1S/C10H14FNO3/c1-14-7-3-4-8(15-2)10(11)9(7)6(13)5-12/h3-4,6,13H,5,12H2,1-2H3. The van der Waals surface area contributed by atoms with Crippen LogP contribution in [-0.4, -0.2) is 25.9 Å². The first-order chi connectivity index (χ1) is 7.15. The van der Waals surface area contributed by atoms with Gasteiger partial charge in [0.05, 0.1) is 25.9 Å². The van der Waals surface area contributed by atoms with Crippen molar-refractivity contribution >= 4 is 0 Å². The van der Waals surface area contributed by atoms with Crippen LogP contribution in [0.25, 0.3) is 0 Å². The van der Waals surface area contributed by atoms with Crippen LogP contribution in [0.2, 0.25) is 0 Å². The van der Waals surface area contributed by atoms with Crippen molar-refractivity contribution in [2.24, 2.45) is 5.73 Å². The summed E-state index contributed by atoms with van der Waals surface area (Å²) in [5, 5.41) is 9.54. The lowest BCUT2D eigenvalue weighted by Crippen LogP contribution is -2.14. The van der Waals surface area contributed by atoms with Gasteiger partial charge in [-0.1, -0.05) is 0 Å². The molecule has 0 radical (unpaired) electrons. The second kappa shape index (κ2) is 4.95. The molecule has 4 nitrogen and oxygen atoms in total. The van der Waals surface area contributed by atoms with Crippen molar-refractivity contribution in [2.45, 2.75) is 6.10 Å². The van der Waals surface area contributed by atoms with E-state index in [0.29, 0.717) is 0 Å². The minimum absolute atomic E-state index is 0.0272. The summed E-state index contributed by atoms with van der Waals surface area (Å²) in [6, 6.07) is 2.96. The van der Waals surface area contributed by atoms with Crippen LogP contribution in [0, 0.1) is 5.82 Å². The molecule has 1 rings (SSSR count). The summed E-state index contributed by atoms with van der Waals surface area (Å²) in [6.07, 6.45) is -1.10. The van der Waals surface area contributed by atoms with Crippen LogP contribution >= 0.6 is 0 Å². The van der Waals surface area contributed by atoms with E-state index in [0.717, 1.165) is 0 Å². The monoisotopic (exact) mass is 215 g/mol. The Morgan fingerprint density at radius 2 is 1.87 bits per heavy atom. The Labute approximate surface area is 87.4 Å². The molecule has 0 heterocycles. The van der Waals surface area contributed by atoms with Crippen molar-refractivity contribution in [2.75, 3.05) is 20.8 Å². The van der Waals surface area contributed by atoms with Gasteiger partial charge in [-0.15, -0.1) is 0 Å². The van der Waals surface area contributed by atoms with Crippen molar-refractivity contribution in [3.63, 3.8) is 0 Å². The molecule has 0 aliphatic rings. The smallest absolute Gasteiger partial charge is 0.174 e. The molecule has 0 aliphatic heterocycles. The minimum Gasteiger partial charge on any atom is -0.496 e. The Kier molecular flexibility index (Phi) is 3.88. The third kappa shape index (κ3) is 2.19. The first-order valence-corrected chi connectivity index (χ1v) is 4.44. The summed E-state index contributed by atoms with van der Waals surface area (Å²) < 4.78 is 23.5. The van der Waals surface area contributed by atoms with E-state index in [2.05, 4.69) is 0 Å². The number of methoxy groups -OCH3 is 2. The average Bonchev–Trinajstić information content (AvgIpc) is 2.27. The summed E-state index contributed by atoms with van der Waals surface area (Å²) in [4.78, 5) is 0. The van der Waals surface area contributed by atoms with Gasteiger partial charge in [0.15, 0.2) is 11.6 Å². The number of hydrogen-bond donors (Lipinski definition) is 2. The van der Waals surface area contributed by atoms with Crippen LogP contribution in [0.3, 0.4) is 0 Å². The SMILES string of the molecule is COc1ccc(OC)c(C(O)CN)c1F. The molecule has 3 N–H and O–H groups in total. The molecular weight excluding hydrogens is 201 g/mol. The van der Waals surface area contributed by atoms with Gasteiger partial charge >= 0.3 is 0 Å².